The predicted octanol–water partition coefficient (Wildman–Crippen LogP) is 0.193. The third-order valence-corrected chi connectivity index (χ3v) is 18.6. The van der Waals surface area contributed by atoms with Gasteiger partial charge in [0.1, 0.15) is 72.2 Å². The number of benzene rings is 1. The second kappa shape index (κ2) is 34.3. The largest absolute Gasteiger partial charge is 0.481 e. The minimum Gasteiger partial charge on any atom is -0.481 e. The molecule has 520 valence electrons. The first-order chi connectivity index (χ1) is 44.5. The number of carbonyl (C=O) groups excluding carboxylic acids is 12. The van der Waals surface area contributed by atoms with Crippen LogP contribution in [0, 0.1) is 29.6 Å². The third kappa shape index (κ3) is 19.5. The molecule has 12 N–H and O–H groups in total. The summed E-state index contributed by atoms with van der Waals surface area (Å²) in [5.74, 6) is -12.7. The number of carboxylic acid groups (broad SMARTS) is 1. The van der Waals surface area contributed by atoms with Crippen LogP contribution in [0.5, 0.6) is 0 Å². The molecule has 5 aliphatic rings. The van der Waals surface area contributed by atoms with Gasteiger partial charge in [0.05, 0.1) is 6.10 Å². The Labute approximate surface area is 550 Å². The number of nitrogens with one attached hydrogen (secondary N) is 8. The van der Waals surface area contributed by atoms with E-state index in [1.807, 2.05) is 27.7 Å². The number of amides is 12. The fraction of sp³-hybridized carbons (Fsp3) is 0.682. The Morgan fingerprint density at radius 2 is 1.21 bits per heavy atom. The molecule has 0 radical (unpaired) electrons. The number of rotatable bonds is 20. The zero-order valence-corrected chi connectivity index (χ0v) is 56.1. The number of hydrogen-bond donors (Lipinski definition) is 11. The summed E-state index contributed by atoms with van der Waals surface area (Å²) in [6.07, 6.45) is 0.913. The lowest BCUT2D eigenvalue weighted by atomic mass is 9.95. The summed E-state index contributed by atoms with van der Waals surface area (Å²) >= 11 is 0. The number of nitrogens with zero attached hydrogens (tertiary/aromatic N) is 4. The van der Waals surface area contributed by atoms with Crippen molar-refractivity contribution in [3.63, 3.8) is 0 Å². The quantitative estimate of drug-likeness (QED) is 0.0830. The van der Waals surface area contributed by atoms with Crippen LogP contribution in [0.4, 0.5) is 0 Å². The molecule has 0 bridgehead atoms. The first kappa shape index (κ1) is 74.9. The maximum Gasteiger partial charge on any atom is 0.303 e. The van der Waals surface area contributed by atoms with Crippen molar-refractivity contribution < 1.29 is 72.5 Å². The Hall–Kier alpha value is -8.17. The second-order valence-electron chi connectivity index (χ2n) is 27.1. The van der Waals surface area contributed by atoms with Crippen LogP contribution in [-0.4, -0.2) is 205 Å². The number of carbonyl (C=O) groups is 13. The van der Waals surface area contributed by atoms with Crippen molar-refractivity contribution in [2.45, 2.75) is 232 Å². The Morgan fingerprint density at radius 1 is 0.628 bits per heavy atom. The number of aliphatic carboxylic acids is 1. The molecule has 4 fully saturated rings. The van der Waals surface area contributed by atoms with Crippen LogP contribution >= 0.6 is 0 Å². The highest BCUT2D eigenvalue weighted by Crippen LogP contribution is 2.29. The van der Waals surface area contributed by atoms with Crippen molar-refractivity contribution in [3.8, 4) is 0 Å². The zero-order chi connectivity index (χ0) is 69.4. The topological polar surface area (TPSA) is 398 Å². The molecule has 0 unspecified atom stereocenters. The number of fused-ring (bicyclic) bond motifs is 3. The predicted molar refractivity (Wildman–Crippen MR) is 344 cm³/mol. The van der Waals surface area contributed by atoms with E-state index in [-0.39, 0.29) is 89.4 Å². The van der Waals surface area contributed by atoms with E-state index >= 15 is 14.4 Å². The number of hydrogen-bond acceptors (Lipinski definition) is 15. The Bertz CT molecular complexity index is 2960. The van der Waals surface area contributed by atoms with Gasteiger partial charge in [-0.05, 0) is 92.9 Å². The molecule has 0 aromatic heterocycles. The highest BCUT2D eigenvalue weighted by molar-refractivity contribution is 6.03. The highest BCUT2D eigenvalue weighted by Gasteiger charge is 2.48. The number of primary amides is 1. The normalized spacial score (nSPS) is 27.5. The summed E-state index contributed by atoms with van der Waals surface area (Å²) in [6, 6.07) is -5.11. The lowest BCUT2D eigenvalue weighted by Gasteiger charge is -2.35. The summed E-state index contributed by atoms with van der Waals surface area (Å²) in [6.45, 7) is 17.5. The SMILES string of the molecule is CC[C@H](C)[C@@H]1NC(=O)[C@H](CCC(=O)O)NC(=O)[C@@H]2C[C@@H](O)CN2C(=O)[C@H]([C@@H](C)CC)N/C=C(/C(=O)N2CCC[C@H]2C(=O)N[C@@H](CC(C)C)C(=O)N[C@@H](Cc2ccccc2)C(N)=O)NC(=O)[C@H](CC(C)C)NC(=O)[C@@H]2CCCN2C(=O)[C@@H]2CCCN2C(=O)[C@H](C(C)C)NC1=O. The molecule has 5 heterocycles. The fourth-order valence-corrected chi connectivity index (χ4v) is 12.9. The Morgan fingerprint density at radius 3 is 1.82 bits per heavy atom. The number of aliphatic hydroxyl groups is 1. The molecule has 28 nitrogen and oxygen atoms in total. The van der Waals surface area contributed by atoms with Crippen molar-refractivity contribution in [2.24, 2.45) is 35.3 Å². The van der Waals surface area contributed by atoms with E-state index in [4.69, 9.17) is 5.73 Å². The molecular formula is C66H101N13O15. The van der Waals surface area contributed by atoms with E-state index in [1.165, 1.54) is 14.7 Å². The average Bonchev–Trinajstić information content (AvgIpc) is 1.62. The van der Waals surface area contributed by atoms with Crippen LogP contribution in [0.15, 0.2) is 42.2 Å². The lowest BCUT2D eigenvalue weighted by molar-refractivity contribution is -0.148. The van der Waals surface area contributed by atoms with Crippen molar-refractivity contribution >= 4 is 76.9 Å². The molecule has 5 aliphatic heterocycles. The molecule has 6 rings (SSSR count). The molecule has 0 spiro atoms. The number of aliphatic hydroxyl groups excluding tert-OH is 1. The maximum absolute atomic E-state index is 15.4. The molecule has 94 heavy (non-hydrogen) atoms. The molecule has 14 atom stereocenters. The van der Waals surface area contributed by atoms with Gasteiger partial charge in [-0.3, -0.25) is 62.3 Å². The van der Waals surface area contributed by atoms with Crippen LogP contribution in [0.3, 0.4) is 0 Å². The Balaban J connectivity index is 1.42. The van der Waals surface area contributed by atoms with Gasteiger partial charge < -0.3 is 78.1 Å². The number of nitrogens with two attached hydrogens (primary N) is 1. The van der Waals surface area contributed by atoms with Gasteiger partial charge in [-0.2, -0.15) is 0 Å². The summed E-state index contributed by atoms with van der Waals surface area (Å²) in [4.78, 5) is 192. The fourth-order valence-electron chi connectivity index (χ4n) is 12.9. The second-order valence-corrected chi connectivity index (χ2v) is 27.1. The van der Waals surface area contributed by atoms with Crippen LogP contribution < -0.4 is 48.3 Å². The molecule has 12 amide bonds. The van der Waals surface area contributed by atoms with Gasteiger partial charge in [0.2, 0.25) is 65.0 Å². The molecule has 0 saturated carbocycles. The highest BCUT2D eigenvalue weighted by atomic mass is 16.4. The number of likely N-dealkylation sites (tertiary alicyclic amines) is 1. The molecule has 1 aromatic carbocycles. The van der Waals surface area contributed by atoms with Gasteiger partial charge in [0.25, 0.3) is 5.91 Å². The maximum atomic E-state index is 15.4. The summed E-state index contributed by atoms with van der Waals surface area (Å²) in [5.41, 5.74) is 6.00. The lowest BCUT2D eigenvalue weighted by Crippen LogP contribution is -2.61. The van der Waals surface area contributed by atoms with E-state index in [0.717, 1.165) is 16.7 Å². The Kier molecular flexibility index (Phi) is 27.3. The smallest absolute Gasteiger partial charge is 0.303 e. The third-order valence-electron chi connectivity index (χ3n) is 18.6. The molecule has 1 aromatic rings. The van der Waals surface area contributed by atoms with Crippen LogP contribution in [0.1, 0.15) is 158 Å². The van der Waals surface area contributed by atoms with Gasteiger partial charge >= 0.3 is 5.97 Å². The van der Waals surface area contributed by atoms with E-state index < -0.39 is 186 Å². The first-order valence-electron chi connectivity index (χ1n) is 33.5. The van der Waals surface area contributed by atoms with Crippen molar-refractivity contribution in [3.05, 3.63) is 47.8 Å². The minimum absolute atomic E-state index is 0.0151. The van der Waals surface area contributed by atoms with Gasteiger partial charge in [-0.25, -0.2) is 0 Å². The van der Waals surface area contributed by atoms with Crippen LogP contribution in [0.2, 0.25) is 0 Å². The van der Waals surface area contributed by atoms with Crippen LogP contribution in [0.25, 0.3) is 0 Å². The van der Waals surface area contributed by atoms with Crippen LogP contribution in [-0.2, 0) is 68.7 Å². The zero-order valence-electron chi connectivity index (χ0n) is 56.1. The van der Waals surface area contributed by atoms with E-state index in [9.17, 15) is 58.2 Å². The summed E-state index contributed by atoms with van der Waals surface area (Å²) in [7, 11) is 0. The van der Waals surface area contributed by atoms with Gasteiger partial charge in [-0.1, -0.05) is 112 Å². The van der Waals surface area contributed by atoms with E-state index in [0.29, 0.717) is 25.7 Å². The van der Waals surface area contributed by atoms with Crippen molar-refractivity contribution in [1.29, 1.82) is 0 Å². The van der Waals surface area contributed by atoms with Crippen molar-refractivity contribution in [2.75, 3.05) is 26.2 Å². The van der Waals surface area contributed by atoms with Crippen molar-refractivity contribution in [1.82, 2.24) is 62.1 Å². The van der Waals surface area contributed by atoms with E-state index in [1.54, 1.807) is 71.9 Å². The number of carboxylic acids is 1. The standard InChI is InChI=1S/C66H101N13O15/c1-11-38(9)53-62(90)74-52(37(7)8)65(93)78-28-18-23-49(78)64(92)77-27-17-22-48(77)60(88)72-45(30-36(5)6)58(86)73-46(33-68-54(39(10)12-2)66(94)79-34-41(80)32-50(79)61(89)69-42(56(84)75-53)24-25-51(81)82)63(91)76-26-16-21-47(76)59(87)71-44(29-35(3)4)57(85)70-43(55(67)83)31-40-19-14-13-15-20-40/h13-15,19-20,33,35-39,41-45,47-50,52-54,68,80H,11-12,16-18,21-32,34H2,1-10H3,(H2,67,83)(H,69,89)(H,70,85)(H,71,87)(H,72,88)(H,73,86)(H,74,90)(H,75,84)(H,81,82)/b46-33-/t38-,39-,41+,42-,43-,44-,45-,47-,48-,49-,50-,52-,53-,54-/m0/s1. The molecular weight excluding hydrogens is 1210 g/mol. The first-order valence-corrected chi connectivity index (χ1v) is 33.5. The molecule has 0 aliphatic carbocycles. The van der Waals surface area contributed by atoms with E-state index in [2.05, 4.69) is 42.5 Å². The molecule has 4 saturated heterocycles. The van der Waals surface area contributed by atoms with Gasteiger partial charge in [-0.15, -0.1) is 0 Å². The molecule has 28 heteroatoms. The van der Waals surface area contributed by atoms with Gasteiger partial charge in [0, 0.05) is 51.6 Å². The van der Waals surface area contributed by atoms with Gasteiger partial charge in [0.15, 0.2) is 0 Å². The minimum atomic E-state index is -1.60. The summed E-state index contributed by atoms with van der Waals surface area (Å²) < 4.78 is 0. The monoisotopic (exact) mass is 1320 g/mol. The summed E-state index contributed by atoms with van der Waals surface area (Å²) in [5, 5.41) is 43.2. The average molecular weight is 1320 g/mol.